The molecule has 1 atom stereocenters. The van der Waals surface area contributed by atoms with E-state index in [2.05, 4.69) is 10.2 Å². The number of rotatable bonds is 7. The summed E-state index contributed by atoms with van der Waals surface area (Å²) in [7, 11) is 3.25. The van der Waals surface area contributed by atoms with E-state index < -0.39 is 0 Å². The van der Waals surface area contributed by atoms with Crippen LogP contribution in [0.1, 0.15) is 47.3 Å². The molecule has 1 fully saturated rings. The van der Waals surface area contributed by atoms with Crippen molar-refractivity contribution in [2.75, 3.05) is 27.3 Å². The molecule has 5 heteroatoms. The van der Waals surface area contributed by atoms with Crippen molar-refractivity contribution in [3.8, 4) is 11.5 Å². The van der Waals surface area contributed by atoms with Gasteiger partial charge in [0.2, 0.25) is 0 Å². The first-order valence-electron chi connectivity index (χ1n) is 9.45. The molecule has 0 aliphatic carbocycles. The number of carbonyl (C=O) groups is 1. The predicted octanol–water partition coefficient (Wildman–Crippen LogP) is 3.79. The van der Waals surface area contributed by atoms with Gasteiger partial charge in [-0.05, 0) is 68.8 Å². The summed E-state index contributed by atoms with van der Waals surface area (Å²) in [5.74, 6) is 1.36. The second kappa shape index (κ2) is 8.91. The zero-order valence-corrected chi connectivity index (χ0v) is 16.3. The van der Waals surface area contributed by atoms with Crippen molar-refractivity contribution in [2.45, 2.75) is 32.4 Å². The molecule has 0 spiro atoms. The Morgan fingerprint density at radius 2 is 1.78 bits per heavy atom. The van der Waals surface area contributed by atoms with Crippen molar-refractivity contribution in [1.29, 1.82) is 0 Å². The van der Waals surface area contributed by atoms with Crippen LogP contribution in [-0.4, -0.2) is 38.1 Å². The summed E-state index contributed by atoms with van der Waals surface area (Å²) in [6, 6.07) is 13.3. The van der Waals surface area contributed by atoms with Gasteiger partial charge >= 0.3 is 0 Å². The number of hydrogen-bond acceptors (Lipinski definition) is 4. The molecule has 1 aliphatic rings. The number of nitrogens with zero attached hydrogens (tertiary/aromatic N) is 1. The maximum Gasteiger partial charge on any atom is 0.251 e. The summed E-state index contributed by atoms with van der Waals surface area (Å²) >= 11 is 0. The summed E-state index contributed by atoms with van der Waals surface area (Å²) in [6.07, 6.45) is 2.57. The van der Waals surface area contributed by atoms with E-state index in [0.717, 1.165) is 23.6 Å². The SMILES string of the molecule is COc1ccc(OC)c(C(C)NC(=O)c2ccc(CN3CCCC3)cc2)c1. The molecule has 1 saturated heterocycles. The standard InChI is InChI=1S/C22H28N2O3/c1-16(20-14-19(26-2)10-11-21(20)27-3)23-22(25)18-8-6-17(7-9-18)15-24-12-4-5-13-24/h6-11,14,16H,4-5,12-13,15H2,1-3H3,(H,23,25). The van der Waals surface area contributed by atoms with Gasteiger partial charge in [-0.1, -0.05) is 12.1 Å². The minimum absolute atomic E-state index is 0.0971. The summed E-state index contributed by atoms with van der Waals surface area (Å²) in [4.78, 5) is 15.1. The lowest BCUT2D eigenvalue weighted by Gasteiger charge is -2.18. The molecule has 1 amide bonds. The van der Waals surface area contributed by atoms with Crippen LogP contribution in [0.25, 0.3) is 0 Å². The van der Waals surface area contributed by atoms with E-state index in [4.69, 9.17) is 9.47 Å². The first kappa shape index (κ1) is 19.2. The van der Waals surface area contributed by atoms with Crippen LogP contribution in [0.2, 0.25) is 0 Å². The fourth-order valence-corrected chi connectivity index (χ4v) is 3.50. The zero-order valence-electron chi connectivity index (χ0n) is 16.3. The van der Waals surface area contributed by atoms with Gasteiger partial charge in [0.15, 0.2) is 0 Å². The largest absolute Gasteiger partial charge is 0.497 e. The van der Waals surface area contributed by atoms with E-state index in [0.29, 0.717) is 5.56 Å². The second-order valence-electron chi connectivity index (χ2n) is 6.98. The Hall–Kier alpha value is -2.53. The van der Waals surface area contributed by atoms with Crippen LogP contribution < -0.4 is 14.8 Å². The topological polar surface area (TPSA) is 50.8 Å². The number of methoxy groups -OCH3 is 2. The Bertz CT molecular complexity index is 768. The molecule has 2 aromatic rings. The van der Waals surface area contributed by atoms with Gasteiger partial charge < -0.3 is 14.8 Å². The summed E-state index contributed by atoms with van der Waals surface area (Å²) in [6.45, 7) is 5.24. The third-order valence-electron chi connectivity index (χ3n) is 5.07. The molecule has 0 saturated carbocycles. The summed E-state index contributed by atoms with van der Waals surface area (Å²) < 4.78 is 10.7. The van der Waals surface area contributed by atoms with Crippen LogP contribution in [-0.2, 0) is 6.54 Å². The fraction of sp³-hybridized carbons (Fsp3) is 0.409. The summed E-state index contributed by atoms with van der Waals surface area (Å²) in [5.41, 5.74) is 2.79. The van der Waals surface area contributed by atoms with Gasteiger partial charge in [0.25, 0.3) is 5.91 Å². The van der Waals surface area contributed by atoms with Crippen LogP contribution in [0.5, 0.6) is 11.5 Å². The maximum atomic E-state index is 12.6. The average molecular weight is 368 g/mol. The van der Waals surface area contributed by atoms with Crippen LogP contribution in [0.3, 0.4) is 0 Å². The maximum absolute atomic E-state index is 12.6. The molecule has 0 bridgehead atoms. The number of amides is 1. The third-order valence-corrected chi connectivity index (χ3v) is 5.07. The number of likely N-dealkylation sites (tertiary alicyclic amines) is 1. The van der Waals surface area contributed by atoms with Gasteiger partial charge in [0.1, 0.15) is 11.5 Å². The molecule has 3 rings (SSSR count). The lowest BCUT2D eigenvalue weighted by atomic mass is 10.1. The molecular weight excluding hydrogens is 340 g/mol. The molecule has 144 valence electrons. The number of ether oxygens (including phenoxy) is 2. The minimum atomic E-state index is -0.202. The highest BCUT2D eigenvalue weighted by molar-refractivity contribution is 5.94. The molecule has 0 radical (unpaired) electrons. The van der Waals surface area contributed by atoms with Gasteiger partial charge in [-0.25, -0.2) is 0 Å². The summed E-state index contributed by atoms with van der Waals surface area (Å²) in [5, 5.41) is 3.05. The quantitative estimate of drug-likeness (QED) is 0.808. The van der Waals surface area contributed by atoms with E-state index in [-0.39, 0.29) is 11.9 Å². The molecule has 5 nitrogen and oxygen atoms in total. The highest BCUT2D eigenvalue weighted by Crippen LogP contribution is 2.29. The monoisotopic (exact) mass is 368 g/mol. The Balaban J connectivity index is 1.65. The van der Waals surface area contributed by atoms with Crippen molar-refractivity contribution in [2.24, 2.45) is 0 Å². The normalized spacial score (nSPS) is 15.4. The predicted molar refractivity (Wildman–Crippen MR) is 106 cm³/mol. The fourth-order valence-electron chi connectivity index (χ4n) is 3.50. The highest BCUT2D eigenvalue weighted by atomic mass is 16.5. The number of carbonyl (C=O) groups excluding carboxylic acids is 1. The van der Waals surface area contributed by atoms with Gasteiger partial charge in [-0.3, -0.25) is 9.69 Å². The second-order valence-corrected chi connectivity index (χ2v) is 6.98. The van der Waals surface area contributed by atoms with Crippen molar-refractivity contribution in [3.63, 3.8) is 0 Å². The van der Waals surface area contributed by atoms with Crippen molar-refractivity contribution in [1.82, 2.24) is 10.2 Å². The van der Waals surface area contributed by atoms with Gasteiger partial charge in [0, 0.05) is 17.7 Å². The molecule has 2 aromatic carbocycles. The van der Waals surface area contributed by atoms with Crippen molar-refractivity contribution in [3.05, 3.63) is 59.2 Å². The Kier molecular flexibility index (Phi) is 6.35. The first-order valence-corrected chi connectivity index (χ1v) is 9.45. The van der Waals surface area contributed by atoms with E-state index >= 15 is 0 Å². The van der Waals surface area contributed by atoms with Gasteiger partial charge in [0.05, 0.1) is 20.3 Å². The van der Waals surface area contributed by atoms with Crippen LogP contribution >= 0.6 is 0 Å². The molecule has 0 aromatic heterocycles. The molecule has 27 heavy (non-hydrogen) atoms. The Morgan fingerprint density at radius 3 is 2.41 bits per heavy atom. The molecule has 1 aliphatic heterocycles. The molecule has 1 N–H and O–H groups in total. The lowest BCUT2D eigenvalue weighted by Crippen LogP contribution is -2.27. The van der Waals surface area contributed by atoms with Crippen molar-refractivity contribution >= 4 is 5.91 Å². The van der Waals surface area contributed by atoms with Crippen LogP contribution in [0.4, 0.5) is 0 Å². The number of benzene rings is 2. The lowest BCUT2D eigenvalue weighted by molar-refractivity contribution is 0.0939. The van der Waals surface area contributed by atoms with Crippen LogP contribution in [0, 0.1) is 0 Å². The number of hydrogen-bond donors (Lipinski definition) is 1. The van der Waals surface area contributed by atoms with Crippen LogP contribution in [0.15, 0.2) is 42.5 Å². The van der Waals surface area contributed by atoms with E-state index in [9.17, 15) is 4.79 Å². The first-order chi connectivity index (χ1) is 13.1. The Morgan fingerprint density at radius 1 is 1.07 bits per heavy atom. The van der Waals surface area contributed by atoms with Crippen molar-refractivity contribution < 1.29 is 14.3 Å². The number of nitrogens with one attached hydrogen (secondary N) is 1. The third kappa shape index (κ3) is 4.80. The average Bonchev–Trinajstić information content (AvgIpc) is 3.21. The molecule has 1 unspecified atom stereocenters. The van der Waals surface area contributed by atoms with Gasteiger partial charge in [-0.15, -0.1) is 0 Å². The zero-order chi connectivity index (χ0) is 19.2. The van der Waals surface area contributed by atoms with Gasteiger partial charge in [-0.2, -0.15) is 0 Å². The van der Waals surface area contributed by atoms with E-state index in [1.165, 1.54) is 31.5 Å². The van der Waals surface area contributed by atoms with E-state index in [1.54, 1.807) is 14.2 Å². The molecule has 1 heterocycles. The smallest absolute Gasteiger partial charge is 0.251 e. The minimum Gasteiger partial charge on any atom is -0.497 e. The highest BCUT2D eigenvalue weighted by Gasteiger charge is 2.17. The molecular formula is C22H28N2O3. The van der Waals surface area contributed by atoms with E-state index in [1.807, 2.05) is 49.4 Å². The Labute approximate surface area is 161 Å².